The molecule has 0 aliphatic rings. The van der Waals surface area contributed by atoms with E-state index >= 15 is 0 Å². The van der Waals surface area contributed by atoms with E-state index < -0.39 is 10.0 Å². The van der Waals surface area contributed by atoms with E-state index in [0.717, 1.165) is 24.9 Å². The highest BCUT2D eigenvalue weighted by Crippen LogP contribution is 2.10. The molecule has 0 radical (unpaired) electrons. The van der Waals surface area contributed by atoms with Crippen LogP contribution in [0.2, 0.25) is 0 Å². The van der Waals surface area contributed by atoms with Crippen molar-refractivity contribution in [2.24, 2.45) is 0 Å². The van der Waals surface area contributed by atoms with Crippen LogP contribution in [-0.2, 0) is 10.0 Å². The van der Waals surface area contributed by atoms with Crippen molar-refractivity contribution in [2.75, 3.05) is 22.8 Å². The van der Waals surface area contributed by atoms with E-state index in [0.29, 0.717) is 5.82 Å². The van der Waals surface area contributed by atoms with Gasteiger partial charge in [0, 0.05) is 6.54 Å². The van der Waals surface area contributed by atoms with Gasteiger partial charge in [0.1, 0.15) is 5.82 Å². The Morgan fingerprint density at radius 1 is 1.40 bits per heavy atom. The summed E-state index contributed by atoms with van der Waals surface area (Å²) in [4.78, 5) is 3.96. The minimum Gasteiger partial charge on any atom is -0.384 e. The van der Waals surface area contributed by atoms with Crippen LogP contribution in [0.1, 0.15) is 13.3 Å². The molecule has 1 heterocycles. The smallest absolute Gasteiger partial charge is 0.230 e. The lowest BCUT2D eigenvalue weighted by Gasteiger charge is -2.06. The predicted octanol–water partition coefficient (Wildman–Crippen LogP) is 1.27. The minimum absolute atomic E-state index is 0.333. The molecule has 0 amide bonds. The Kier molecular flexibility index (Phi) is 3.90. The number of sulfonamides is 1. The number of nitrogens with zero attached hydrogens (tertiary/aromatic N) is 1. The van der Waals surface area contributed by atoms with Gasteiger partial charge in [-0.15, -0.1) is 0 Å². The van der Waals surface area contributed by atoms with E-state index in [1.54, 1.807) is 18.3 Å². The molecule has 0 fully saturated rings. The zero-order chi connectivity index (χ0) is 11.3. The maximum absolute atomic E-state index is 10.9. The lowest BCUT2D eigenvalue weighted by molar-refractivity contribution is 0.606. The fourth-order valence-corrected chi connectivity index (χ4v) is 1.52. The Morgan fingerprint density at radius 2 is 2.13 bits per heavy atom. The van der Waals surface area contributed by atoms with Gasteiger partial charge in [0.15, 0.2) is 0 Å². The SMILES string of the molecule is CCCNc1ccc(NS(C)(=O)=O)nc1. The molecule has 0 spiro atoms. The first kappa shape index (κ1) is 11.8. The van der Waals surface area contributed by atoms with Gasteiger partial charge in [-0.2, -0.15) is 0 Å². The average Bonchev–Trinajstić information content (AvgIpc) is 2.14. The topological polar surface area (TPSA) is 71.1 Å². The molecule has 1 aromatic heterocycles. The molecule has 1 rings (SSSR count). The Hall–Kier alpha value is -1.30. The van der Waals surface area contributed by atoms with Gasteiger partial charge in [-0.25, -0.2) is 13.4 Å². The maximum Gasteiger partial charge on any atom is 0.230 e. The number of aromatic nitrogens is 1. The first-order valence-corrected chi connectivity index (χ1v) is 6.58. The largest absolute Gasteiger partial charge is 0.384 e. The molecule has 2 N–H and O–H groups in total. The second-order valence-electron chi connectivity index (χ2n) is 3.23. The highest BCUT2D eigenvalue weighted by Gasteiger charge is 2.02. The predicted molar refractivity (Wildman–Crippen MR) is 61.5 cm³/mol. The molecule has 0 aliphatic carbocycles. The molecule has 0 saturated carbocycles. The lowest BCUT2D eigenvalue weighted by atomic mass is 10.4. The van der Waals surface area contributed by atoms with Crippen LogP contribution in [0.4, 0.5) is 11.5 Å². The van der Waals surface area contributed by atoms with E-state index in [1.807, 2.05) is 0 Å². The van der Waals surface area contributed by atoms with Crippen LogP contribution in [-0.4, -0.2) is 26.2 Å². The molecular weight excluding hydrogens is 214 g/mol. The molecule has 84 valence electrons. The molecular formula is C9H15N3O2S. The Labute approximate surface area is 90.0 Å². The van der Waals surface area contributed by atoms with Crippen molar-refractivity contribution < 1.29 is 8.42 Å². The third kappa shape index (κ3) is 4.64. The summed E-state index contributed by atoms with van der Waals surface area (Å²) in [5.41, 5.74) is 0.885. The summed E-state index contributed by atoms with van der Waals surface area (Å²) in [5, 5.41) is 3.14. The van der Waals surface area contributed by atoms with Gasteiger partial charge in [0.2, 0.25) is 10.0 Å². The number of pyridine rings is 1. The number of hydrogen-bond donors (Lipinski definition) is 2. The molecule has 5 nitrogen and oxygen atoms in total. The van der Waals surface area contributed by atoms with E-state index in [-0.39, 0.29) is 0 Å². The third-order valence-corrected chi connectivity index (χ3v) is 2.21. The van der Waals surface area contributed by atoms with Crippen LogP contribution in [0.25, 0.3) is 0 Å². The van der Waals surface area contributed by atoms with Crippen molar-refractivity contribution in [1.29, 1.82) is 0 Å². The van der Waals surface area contributed by atoms with Crippen molar-refractivity contribution >= 4 is 21.5 Å². The van der Waals surface area contributed by atoms with E-state index in [2.05, 4.69) is 21.9 Å². The molecule has 0 aliphatic heterocycles. The van der Waals surface area contributed by atoms with E-state index in [1.165, 1.54) is 0 Å². The maximum atomic E-state index is 10.9. The zero-order valence-corrected chi connectivity index (χ0v) is 9.63. The normalized spacial score (nSPS) is 11.1. The summed E-state index contributed by atoms with van der Waals surface area (Å²) >= 11 is 0. The highest BCUT2D eigenvalue weighted by molar-refractivity contribution is 7.92. The summed E-state index contributed by atoms with van der Waals surface area (Å²) < 4.78 is 24.1. The molecule has 1 aromatic rings. The van der Waals surface area contributed by atoms with Gasteiger partial charge < -0.3 is 5.32 Å². The quantitative estimate of drug-likeness (QED) is 0.797. The van der Waals surface area contributed by atoms with Gasteiger partial charge in [-0.3, -0.25) is 4.72 Å². The molecule has 15 heavy (non-hydrogen) atoms. The van der Waals surface area contributed by atoms with Crippen LogP contribution >= 0.6 is 0 Å². The van der Waals surface area contributed by atoms with Crippen LogP contribution in [0, 0.1) is 0 Å². The van der Waals surface area contributed by atoms with Crippen LogP contribution in [0.3, 0.4) is 0 Å². The van der Waals surface area contributed by atoms with Crippen molar-refractivity contribution in [2.45, 2.75) is 13.3 Å². The Bertz CT molecular complexity index is 400. The van der Waals surface area contributed by atoms with Gasteiger partial charge >= 0.3 is 0 Å². The van der Waals surface area contributed by atoms with Gasteiger partial charge in [0.25, 0.3) is 0 Å². The summed E-state index contributed by atoms with van der Waals surface area (Å²) in [6.45, 7) is 2.94. The molecule has 0 aromatic carbocycles. The van der Waals surface area contributed by atoms with E-state index in [4.69, 9.17) is 0 Å². The lowest BCUT2D eigenvalue weighted by Crippen LogP contribution is -2.10. The van der Waals surface area contributed by atoms with Crippen molar-refractivity contribution in [3.63, 3.8) is 0 Å². The number of anilines is 2. The molecule has 0 atom stereocenters. The third-order valence-electron chi connectivity index (χ3n) is 1.63. The van der Waals surface area contributed by atoms with Crippen LogP contribution in [0.15, 0.2) is 18.3 Å². The molecule has 0 bridgehead atoms. The number of rotatable bonds is 5. The van der Waals surface area contributed by atoms with Crippen molar-refractivity contribution in [3.8, 4) is 0 Å². The van der Waals surface area contributed by atoms with Gasteiger partial charge in [0.05, 0.1) is 18.1 Å². The number of hydrogen-bond acceptors (Lipinski definition) is 4. The first-order valence-electron chi connectivity index (χ1n) is 4.69. The van der Waals surface area contributed by atoms with Crippen LogP contribution in [0.5, 0.6) is 0 Å². The highest BCUT2D eigenvalue weighted by atomic mass is 32.2. The Morgan fingerprint density at radius 3 is 2.60 bits per heavy atom. The van der Waals surface area contributed by atoms with Gasteiger partial charge in [-0.1, -0.05) is 6.92 Å². The summed E-state index contributed by atoms with van der Waals surface area (Å²) in [6.07, 6.45) is 3.73. The second kappa shape index (κ2) is 4.97. The van der Waals surface area contributed by atoms with Crippen molar-refractivity contribution in [1.82, 2.24) is 4.98 Å². The standard InChI is InChI=1S/C9H15N3O2S/c1-3-6-10-8-4-5-9(11-7-8)12-15(2,13)14/h4-5,7,10H,3,6H2,1-2H3,(H,11,12). The molecule has 0 saturated heterocycles. The molecule has 0 unspecified atom stereocenters. The molecule has 6 heteroatoms. The summed E-state index contributed by atoms with van der Waals surface area (Å²) in [6, 6.07) is 3.41. The monoisotopic (exact) mass is 229 g/mol. The fraction of sp³-hybridized carbons (Fsp3) is 0.444. The van der Waals surface area contributed by atoms with Crippen LogP contribution < -0.4 is 10.0 Å². The zero-order valence-electron chi connectivity index (χ0n) is 8.82. The average molecular weight is 229 g/mol. The number of nitrogens with one attached hydrogen (secondary N) is 2. The fourth-order valence-electron chi connectivity index (χ4n) is 1.02. The van der Waals surface area contributed by atoms with E-state index in [9.17, 15) is 8.42 Å². The van der Waals surface area contributed by atoms with Crippen molar-refractivity contribution in [3.05, 3.63) is 18.3 Å². The Balaban J connectivity index is 2.64. The summed E-state index contributed by atoms with van der Waals surface area (Å²) in [5.74, 6) is 0.333. The second-order valence-corrected chi connectivity index (χ2v) is 4.98. The summed E-state index contributed by atoms with van der Waals surface area (Å²) in [7, 11) is -3.24. The van der Waals surface area contributed by atoms with Gasteiger partial charge in [-0.05, 0) is 18.6 Å². The minimum atomic E-state index is -3.24. The first-order chi connectivity index (χ1) is 7.01.